The summed E-state index contributed by atoms with van der Waals surface area (Å²) in [5.74, 6) is -0.340. The molecule has 2 aliphatic rings. The number of amides is 1. The van der Waals surface area contributed by atoms with Crippen molar-refractivity contribution in [2.45, 2.75) is 25.1 Å². The summed E-state index contributed by atoms with van der Waals surface area (Å²) in [6.07, 6.45) is 1.48. The molecule has 2 atom stereocenters. The zero-order valence-corrected chi connectivity index (χ0v) is 14.6. The third-order valence-corrected chi connectivity index (χ3v) is 4.94. The summed E-state index contributed by atoms with van der Waals surface area (Å²) < 4.78 is 25.0. The number of hydrogen-bond acceptors (Lipinski definition) is 4. The lowest BCUT2D eigenvalue weighted by atomic mass is 10.0. The Balaban J connectivity index is 1.71. The molecule has 2 aliphatic heterocycles. The summed E-state index contributed by atoms with van der Waals surface area (Å²) in [5, 5.41) is 3.37. The fourth-order valence-electron chi connectivity index (χ4n) is 3.60. The van der Waals surface area contributed by atoms with Crippen molar-refractivity contribution in [1.29, 1.82) is 0 Å². The van der Waals surface area contributed by atoms with E-state index in [4.69, 9.17) is 9.47 Å². The zero-order valence-electron chi connectivity index (χ0n) is 14.6. The molecule has 1 fully saturated rings. The molecule has 136 valence electrons. The molecule has 4 rings (SSSR count). The molecular formula is C20H21FN2O3. The Bertz CT molecular complexity index is 820. The number of nitrogens with zero attached hydrogens (tertiary/aromatic N) is 1. The van der Waals surface area contributed by atoms with Crippen LogP contribution in [0.25, 0.3) is 0 Å². The van der Waals surface area contributed by atoms with Crippen LogP contribution in [0, 0.1) is 5.82 Å². The first-order valence-electron chi connectivity index (χ1n) is 8.79. The van der Waals surface area contributed by atoms with E-state index in [0.29, 0.717) is 17.7 Å². The zero-order chi connectivity index (χ0) is 18.1. The van der Waals surface area contributed by atoms with Gasteiger partial charge in [-0.05, 0) is 42.7 Å². The minimum Gasteiger partial charge on any atom is -0.494 e. The molecule has 6 heteroatoms. The van der Waals surface area contributed by atoms with Gasteiger partial charge in [-0.3, -0.25) is 4.79 Å². The van der Waals surface area contributed by atoms with Crippen molar-refractivity contribution < 1.29 is 18.7 Å². The predicted molar refractivity (Wildman–Crippen MR) is 95.8 cm³/mol. The highest BCUT2D eigenvalue weighted by molar-refractivity contribution is 6.01. The molecule has 0 unspecified atom stereocenters. The van der Waals surface area contributed by atoms with Crippen molar-refractivity contribution in [3.05, 3.63) is 59.4 Å². The van der Waals surface area contributed by atoms with Crippen LogP contribution in [0.3, 0.4) is 0 Å². The van der Waals surface area contributed by atoms with E-state index in [1.54, 1.807) is 23.1 Å². The Labute approximate surface area is 151 Å². The van der Waals surface area contributed by atoms with E-state index >= 15 is 0 Å². The number of fused-ring (bicyclic) bond motifs is 1. The lowest BCUT2D eigenvalue weighted by molar-refractivity contribution is 0.0426. The smallest absolute Gasteiger partial charge is 0.257 e. The van der Waals surface area contributed by atoms with Crippen molar-refractivity contribution in [2.75, 3.05) is 25.6 Å². The largest absolute Gasteiger partial charge is 0.494 e. The minimum absolute atomic E-state index is 0.0107. The first-order chi connectivity index (χ1) is 12.7. The number of ether oxygens (including phenoxy) is 2. The maximum absolute atomic E-state index is 14.2. The van der Waals surface area contributed by atoms with Gasteiger partial charge in [0.15, 0.2) is 11.6 Å². The van der Waals surface area contributed by atoms with Gasteiger partial charge in [-0.1, -0.05) is 18.2 Å². The van der Waals surface area contributed by atoms with E-state index in [2.05, 4.69) is 5.32 Å². The third-order valence-electron chi connectivity index (χ3n) is 4.94. The minimum atomic E-state index is -0.456. The number of halogens is 1. The molecule has 26 heavy (non-hydrogen) atoms. The topological polar surface area (TPSA) is 50.8 Å². The van der Waals surface area contributed by atoms with Crippen molar-refractivity contribution in [3.63, 3.8) is 0 Å². The van der Waals surface area contributed by atoms with Crippen LogP contribution in [0.15, 0.2) is 42.5 Å². The quantitative estimate of drug-likeness (QED) is 0.910. The number of para-hydroxylation sites is 1. The van der Waals surface area contributed by atoms with Crippen LogP contribution >= 0.6 is 0 Å². The maximum Gasteiger partial charge on any atom is 0.257 e. The number of nitrogens with one attached hydrogen (secondary N) is 1. The monoisotopic (exact) mass is 356 g/mol. The lowest BCUT2D eigenvalue weighted by Gasteiger charge is -2.39. The van der Waals surface area contributed by atoms with Crippen LogP contribution in [0.4, 0.5) is 10.1 Å². The molecule has 0 aromatic heterocycles. The fraction of sp³-hybridized carbons (Fsp3) is 0.350. The summed E-state index contributed by atoms with van der Waals surface area (Å²) in [5.41, 5.74) is 2.04. The second-order valence-electron chi connectivity index (χ2n) is 6.58. The van der Waals surface area contributed by atoms with E-state index < -0.39 is 12.0 Å². The molecule has 1 saturated heterocycles. The summed E-state index contributed by atoms with van der Waals surface area (Å²) in [6.45, 7) is 1.19. The SMILES string of the molecule is COc1ccc([C@H]2Nc3ccccc3C(=O)N2C[C@H]2CCCO2)cc1F. The van der Waals surface area contributed by atoms with Crippen LogP contribution in [0.5, 0.6) is 5.75 Å². The number of carbonyl (C=O) groups excluding carboxylic acids is 1. The molecule has 1 N–H and O–H groups in total. The van der Waals surface area contributed by atoms with E-state index in [-0.39, 0.29) is 17.8 Å². The van der Waals surface area contributed by atoms with Crippen LogP contribution in [-0.4, -0.2) is 37.2 Å². The average molecular weight is 356 g/mol. The molecule has 5 nitrogen and oxygen atoms in total. The normalized spacial score (nSPS) is 22.1. The molecule has 1 amide bonds. The summed E-state index contributed by atoms with van der Waals surface area (Å²) in [6, 6.07) is 12.2. The van der Waals surface area contributed by atoms with Gasteiger partial charge in [0.05, 0.1) is 18.8 Å². The highest BCUT2D eigenvalue weighted by Gasteiger charge is 2.35. The highest BCUT2D eigenvalue weighted by atomic mass is 19.1. The first kappa shape index (κ1) is 16.8. The molecule has 0 radical (unpaired) electrons. The predicted octanol–water partition coefficient (Wildman–Crippen LogP) is 3.58. The Morgan fingerprint density at radius 2 is 2.15 bits per heavy atom. The van der Waals surface area contributed by atoms with Gasteiger partial charge in [0.2, 0.25) is 0 Å². The number of benzene rings is 2. The van der Waals surface area contributed by atoms with Crippen molar-refractivity contribution in [2.24, 2.45) is 0 Å². The van der Waals surface area contributed by atoms with Gasteiger partial charge < -0.3 is 19.7 Å². The molecule has 2 aromatic rings. The molecular weight excluding hydrogens is 335 g/mol. The van der Waals surface area contributed by atoms with Crippen LogP contribution < -0.4 is 10.1 Å². The molecule has 0 bridgehead atoms. The van der Waals surface area contributed by atoms with E-state index in [0.717, 1.165) is 25.1 Å². The molecule has 0 saturated carbocycles. The van der Waals surface area contributed by atoms with Crippen molar-refractivity contribution >= 4 is 11.6 Å². The Hall–Kier alpha value is -2.60. The molecule has 0 spiro atoms. The first-order valence-corrected chi connectivity index (χ1v) is 8.79. The number of carbonyl (C=O) groups is 1. The van der Waals surface area contributed by atoms with Gasteiger partial charge >= 0.3 is 0 Å². The van der Waals surface area contributed by atoms with Gasteiger partial charge in [0.25, 0.3) is 5.91 Å². The lowest BCUT2D eigenvalue weighted by Crippen LogP contribution is -2.46. The van der Waals surface area contributed by atoms with Crippen molar-refractivity contribution in [1.82, 2.24) is 4.90 Å². The van der Waals surface area contributed by atoms with Gasteiger partial charge in [-0.25, -0.2) is 4.39 Å². The number of rotatable bonds is 4. The Morgan fingerprint density at radius 3 is 2.88 bits per heavy atom. The van der Waals surface area contributed by atoms with Crippen LogP contribution in [0.2, 0.25) is 0 Å². The van der Waals surface area contributed by atoms with Gasteiger partial charge in [-0.2, -0.15) is 0 Å². The number of anilines is 1. The van der Waals surface area contributed by atoms with Gasteiger partial charge in [0.1, 0.15) is 6.17 Å². The van der Waals surface area contributed by atoms with E-state index in [1.165, 1.54) is 13.2 Å². The molecule has 2 aromatic carbocycles. The second kappa shape index (κ2) is 6.96. The second-order valence-corrected chi connectivity index (χ2v) is 6.58. The average Bonchev–Trinajstić information content (AvgIpc) is 3.17. The Morgan fingerprint density at radius 1 is 1.31 bits per heavy atom. The standard InChI is InChI=1S/C20H21FN2O3/c1-25-18-9-8-13(11-16(18)21)19-22-17-7-3-2-6-15(17)20(24)23(19)12-14-5-4-10-26-14/h2-3,6-9,11,14,19,22H,4-5,10,12H2,1H3/t14-,19+/m1/s1. The number of methoxy groups -OCH3 is 1. The summed E-state index contributed by atoms with van der Waals surface area (Å²) in [4.78, 5) is 14.8. The third kappa shape index (κ3) is 3.01. The maximum atomic E-state index is 14.2. The molecule has 0 aliphatic carbocycles. The fourth-order valence-corrected chi connectivity index (χ4v) is 3.60. The summed E-state index contributed by atoms with van der Waals surface area (Å²) >= 11 is 0. The van der Waals surface area contributed by atoms with E-state index in [1.807, 2.05) is 18.2 Å². The number of hydrogen-bond donors (Lipinski definition) is 1. The molecule has 2 heterocycles. The van der Waals surface area contributed by atoms with Crippen molar-refractivity contribution in [3.8, 4) is 5.75 Å². The van der Waals surface area contributed by atoms with E-state index in [9.17, 15) is 9.18 Å². The van der Waals surface area contributed by atoms with Gasteiger partial charge in [0, 0.05) is 18.8 Å². The van der Waals surface area contributed by atoms with Crippen LogP contribution in [0.1, 0.15) is 34.9 Å². The highest BCUT2D eigenvalue weighted by Crippen LogP contribution is 2.35. The van der Waals surface area contributed by atoms with Crippen LogP contribution in [-0.2, 0) is 4.74 Å². The Kier molecular flexibility index (Phi) is 4.51. The van der Waals surface area contributed by atoms with Gasteiger partial charge in [-0.15, -0.1) is 0 Å². The summed E-state index contributed by atoms with van der Waals surface area (Å²) in [7, 11) is 1.43.